The van der Waals surface area contributed by atoms with E-state index in [0.717, 1.165) is 23.0 Å². The molecule has 0 amide bonds. The van der Waals surface area contributed by atoms with Gasteiger partial charge in [0.2, 0.25) is 0 Å². The van der Waals surface area contributed by atoms with Gasteiger partial charge in [-0.25, -0.2) is 8.42 Å². The maximum absolute atomic E-state index is 12.6. The van der Waals surface area contributed by atoms with Crippen LogP contribution in [0.3, 0.4) is 0 Å². The lowest BCUT2D eigenvalue weighted by Gasteiger charge is -2.36. The number of halogens is 1. The van der Waals surface area contributed by atoms with Gasteiger partial charge in [0.25, 0.3) is 10.0 Å². The molecule has 1 aliphatic heterocycles. The normalized spacial score (nSPS) is 24.1. The lowest BCUT2D eigenvalue weighted by Crippen LogP contribution is -2.51. The predicted molar refractivity (Wildman–Crippen MR) is 77.2 cm³/mol. The Labute approximate surface area is 120 Å². The van der Waals surface area contributed by atoms with Gasteiger partial charge in [-0.1, -0.05) is 6.42 Å². The highest BCUT2D eigenvalue weighted by molar-refractivity contribution is 9.11. The third kappa shape index (κ3) is 2.80. The first-order valence-corrected chi connectivity index (χ1v) is 9.00. The van der Waals surface area contributed by atoms with E-state index in [1.165, 1.54) is 11.3 Å². The van der Waals surface area contributed by atoms with Crippen LogP contribution in [-0.2, 0) is 10.0 Å². The fourth-order valence-corrected chi connectivity index (χ4v) is 6.22. The van der Waals surface area contributed by atoms with Gasteiger partial charge in [0.1, 0.15) is 4.21 Å². The second-order valence-corrected chi connectivity index (χ2v) is 9.18. The van der Waals surface area contributed by atoms with Crippen molar-refractivity contribution in [1.29, 1.82) is 0 Å². The molecular weight excluding hydrogens is 336 g/mol. The van der Waals surface area contributed by atoms with Crippen molar-refractivity contribution < 1.29 is 8.42 Å². The number of rotatable bonds is 3. The van der Waals surface area contributed by atoms with Crippen LogP contribution < -0.4 is 5.73 Å². The SMILES string of the molecule is CC(N)C1CCCCN1S(=O)(=O)c1ccc(Br)s1. The number of nitrogens with two attached hydrogens (primary N) is 1. The molecule has 0 aromatic carbocycles. The zero-order valence-electron chi connectivity index (χ0n) is 10.2. The van der Waals surface area contributed by atoms with Crippen LogP contribution in [0.15, 0.2) is 20.1 Å². The topological polar surface area (TPSA) is 63.4 Å². The molecule has 0 saturated carbocycles. The van der Waals surface area contributed by atoms with Crippen molar-refractivity contribution in [3.05, 3.63) is 15.9 Å². The van der Waals surface area contributed by atoms with Crippen molar-refractivity contribution in [2.45, 2.75) is 42.5 Å². The molecule has 0 radical (unpaired) electrons. The number of thiophene rings is 1. The zero-order valence-corrected chi connectivity index (χ0v) is 13.4. The molecule has 2 unspecified atom stereocenters. The summed E-state index contributed by atoms with van der Waals surface area (Å²) < 4.78 is 28.0. The third-order valence-electron chi connectivity index (χ3n) is 3.22. The Kier molecular flexibility index (Phi) is 4.48. The summed E-state index contributed by atoms with van der Waals surface area (Å²) in [5, 5.41) is 0. The number of hydrogen-bond acceptors (Lipinski definition) is 4. The highest BCUT2D eigenvalue weighted by Gasteiger charge is 2.35. The highest BCUT2D eigenvalue weighted by Crippen LogP contribution is 2.32. The second kappa shape index (κ2) is 5.58. The van der Waals surface area contributed by atoms with Crippen LogP contribution in [0.25, 0.3) is 0 Å². The smallest absolute Gasteiger partial charge is 0.252 e. The van der Waals surface area contributed by atoms with E-state index >= 15 is 0 Å². The second-order valence-electron chi connectivity index (χ2n) is 4.60. The minimum absolute atomic E-state index is 0.0791. The Morgan fingerprint density at radius 3 is 2.78 bits per heavy atom. The summed E-state index contributed by atoms with van der Waals surface area (Å²) in [5.74, 6) is 0. The van der Waals surface area contributed by atoms with Crippen LogP contribution in [0.2, 0.25) is 0 Å². The van der Waals surface area contributed by atoms with Gasteiger partial charge in [0.05, 0.1) is 3.79 Å². The Bertz CT molecular complexity index is 513. The number of piperidine rings is 1. The fraction of sp³-hybridized carbons (Fsp3) is 0.636. The van der Waals surface area contributed by atoms with Crippen molar-refractivity contribution in [2.24, 2.45) is 5.73 Å². The average molecular weight is 353 g/mol. The number of sulfonamides is 1. The van der Waals surface area contributed by atoms with E-state index in [1.54, 1.807) is 16.4 Å². The monoisotopic (exact) mass is 352 g/mol. The number of hydrogen-bond donors (Lipinski definition) is 1. The van der Waals surface area contributed by atoms with Crippen LogP contribution >= 0.6 is 27.3 Å². The van der Waals surface area contributed by atoms with Gasteiger partial charge in [0, 0.05) is 18.6 Å². The quantitative estimate of drug-likeness (QED) is 0.908. The van der Waals surface area contributed by atoms with Crippen LogP contribution in [-0.4, -0.2) is 31.4 Å². The largest absolute Gasteiger partial charge is 0.326 e. The van der Waals surface area contributed by atoms with Crippen molar-refractivity contribution in [1.82, 2.24) is 4.31 Å². The highest BCUT2D eigenvalue weighted by atomic mass is 79.9. The Morgan fingerprint density at radius 2 is 2.22 bits per heavy atom. The van der Waals surface area contributed by atoms with E-state index in [2.05, 4.69) is 15.9 Å². The van der Waals surface area contributed by atoms with Gasteiger partial charge in [0.15, 0.2) is 0 Å². The van der Waals surface area contributed by atoms with Crippen molar-refractivity contribution >= 4 is 37.3 Å². The first-order chi connectivity index (χ1) is 8.43. The van der Waals surface area contributed by atoms with E-state index in [-0.39, 0.29) is 12.1 Å². The average Bonchev–Trinajstić information content (AvgIpc) is 2.76. The molecule has 1 fully saturated rings. The molecular formula is C11H17BrN2O2S2. The van der Waals surface area contributed by atoms with Crippen molar-refractivity contribution in [2.75, 3.05) is 6.54 Å². The first-order valence-electron chi connectivity index (χ1n) is 5.95. The summed E-state index contributed by atoms with van der Waals surface area (Å²) in [7, 11) is -3.39. The summed E-state index contributed by atoms with van der Waals surface area (Å²) >= 11 is 4.55. The molecule has 2 N–H and O–H groups in total. The van der Waals surface area contributed by atoms with Crippen LogP contribution in [0.1, 0.15) is 26.2 Å². The van der Waals surface area contributed by atoms with Crippen LogP contribution in [0.4, 0.5) is 0 Å². The Morgan fingerprint density at radius 1 is 1.50 bits per heavy atom. The summed E-state index contributed by atoms with van der Waals surface area (Å²) in [4.78, 5) is 0. The van der Waals surface area contributed by atoms with Crippen molar-refractivity contribution in [3.63, 3.8) is 0 Å². The standard InChI is InChI=1S/C11H17BrN2O2S2/c1-8(13)9-4-2-3-7-14(9)18(15,16)11-6-5-10(12)17-11/h5-6,8-9H,2-4,7,13H2,1H3. The van der Waals surface area contributed by atoms with Gasteiger partial charge in [-0.05, 0) is 47.8 Å². The molecule has 2 rings (SSSR count). The van der Waals surface area contributed by atoms with Crippen molar-refractivity contribution in [3.8, 4) is 0 Å². The number of nitrogens with zero attached hydrogens (tertiary/aromatic N) is 1. The lowest BCUT2D eigenvalue weighted by molar-refractivity contribution is 0.227. The third-order valence-corrected chi connectivity index (χ3v) is 7.23. The Balaban J connectivity index is 2.33. The summed E-state index contributed by atoms with van der Waals surface area (Å²) in [6.45, 7) is 2.45. The molecule has 1 aliphatic rings. The summed E-state index contributed by atoms with van der Waals surface area (Å²) in [6.07, 6.45) is 2.81. The molecule has 18 heavy (non-hydrogen) atoms. The van der Waals surface area contributed by atoms with Crippen LogP contribution in [0, 0.1) is 0 Å². The van der Waals surface area contributed by atoms with E-state index in [1.807, 2.05) is 6.92 Å². The zero-order chi connectivity index (χ0) is 13.3. The molecule has 102 valence electrons. The molecule has 1 aromatic heterocycles. The first kappa shape index (κ1) is 14.5. The van der Waals surface area contributed by atoms with Crippen LogP contribution in [0.5, 0.6) is 0 Å². The molecule has 4 nitrogen and oxygen atoms in total. The molecule has 7 heteroatoms. The Hall–Kier alpha value is 0.0500. The minimum Gasteiger partial charge on any atom is -0.326 e. The molecule has 0 aliphatic carbocycles. The van der Waals surface area contributed by atoms with E-state index in [9.17, 15) is 8.42 Å². The maximum atomic E-state index is 12.6. The lowest BCUT2D eigenvalue weighted by atomic mass is 10.00. The maximum Gasteiger partial charge on any atom is 0.252 e. The van der Waals surface area contributed by atoms with E-state index in [4.69, 9.17) is 5.73 Å². The van der Waals surface area contributed by atoms with Gasteiger partial charge in [-0.3, -0.25) is 0 Å². The summed E-state index contributed by atoms with van der Waals surface area (Å²) in [6, 6.07) is 3.20. The van der Waals surface area contributed by atoms with Gasteiger partial charge in [-0.15, -0.1) is 11.3 Å². The van der Waals surface area contributed by atoms with E-state index in [0.29, 0.717) is 10.8 Å². The molecule has 1 saturated heterocycles. The molecule has 0 spiro atoms. The van der Waals surface area contributed by atoms with Gasteiger partial charge >= 0.3 is 0 Å². The fourth-order valence-electron chi connectivity index (χ4n) is 2.31. The predicted octanol–water partition coefficient (Wildman–Crippen LogP) is 2.40. The molecule has 2 heterocycles. The minimum atomic E-state index is -3.39. The summed E-state index contributed by atoms with van der Waals surface area (Å²) in [5.41, 5.74) is 5.93. The molecule has 1 aromatic rings. The van der Waals surface area contributed by atoms with Gasteiger partial charge in [-0.2, -0.15) is 4.31 Å². The van der Waals surface area contributed by atoms with Gasteiger partial charge < -0.3 is 5.73 Å². The molecule has 0 bridgehead atoms. The van der Waals surface area contributed by atoms with E-state index < -0.39 is 10.0 Å². The molecule has 2 atom stereocenters.